The number of carbonyl (C=O) groups is 2. The van der Waals surface area contributed by atoms with E-state index in [0.717, 1.165) is 0 Å². The van der Waals surface area contributed by atoms with Gasteiger partial charge in [0.2, 0.25) is 5.91 Å². The third kappa shape index (κ3) is 4.57. The molecule has 0 fully saturated rings. The van der Waals surface area contributed by atoms with Crippen molar-refractivity contribution in [2.75, 3.05) is 5.32 Å². The molecule has 19 heavy (non-hydrogen) atoms. The first-order valence-electron chi connectivity index (χ1n) is 6.09. The van der Waals surface area contributed by atoms with Gasteiger partial charge in [0, 0.05) is 18.2 Å². The van der Waals surface area contributed by atoms with Crippen LogP contribution in [-0.2, 0) is 4.79 Å². The van der Waals surface area contributed by atoms with Crippen molar-refractivity contribution in [1.82, 2.24) is 4.98 Å². The van der Waals surface area contributed by atoms with E-state index in [2.05, 4.69) is 10.3 Å². The minimum absolute atomic E-state index is 0.117. The molecule has 0 bridgehead atoms. The highest BCUT2D eigenvalue weighted by Crippen LogP contribution is 2.18. The van der Waals surface area contributed by atoms with Crippen LogP contribution in [0.25, 0.3) is 0 Å². The lowest BCUT2D eigenvalue weighted by molar-refractivity contribution is -0.118. The van der Waals surface area contributed by atoms with Crippen LogP contribution < -0.4 is 11.1 Å². The maximum Gasteiger partial charge on any atom is 0.335 e. The fourth-order valence-corrected chi connectivity index (χ4v) is 1.65. The Hall–Kier alpha value is -2.11. The molecule has 1 heterocycles. The van der Waals surface area contributed by atoms with Gasteiger partial charge in [-0.3, -0.25) is 4.79 Å². The lowest BCUT2D eigenvalue weighted by Crippen LogP contribution is -2.24. The Kier molecular flexibility index (Phi) is 4.86. The van der Waals surface area contributed by atoms with Crippen molar-refractivity contribution < 1.29 is 14.7 Å². The molecule has 0 spiro atoms. The van der Waals surface area contributed by atoms with Crippen LogP contribution in [0.5, 0.6) is 0 Å². The first-order chi connectivity index (χ1) is 8.79. The van der Waals surface area contributed by atoms with Gasteiger partial charge in [-0.2, -0.15) is 0 Å². The van der Waals surface area contributed by atoms with Gasteiger partial charge in [-0.25, -0.2) is 9.78 Å². The Morgan fingerprint density at radius 3 is 2.47 bits per heavy atom. The summed E-state index contributed by atoms with van der Waals surface area (Å²) in [7, 11) is 0. The number of aromatic nitrogens is 1. The van der Waals surface area contributed by atoms with Crippen LogP contribution >= 0.6 is 0 Å². The maximum absolute atomic E-state index is 11.1. The molecule has 0 aromatic carbocycles. The number of nitrogens with zero attached hydrogens (tertiary/aromatic N) is 1. The van der Waals surface area contributed by atoms with E-state index in [4.69, 9.17) is 10.8 Å². The summed E-state index contributed by atoms with van der Waals surface area (Å²) in [4.78, 5) is 26.2. The molecular formula is C13H19N3O3. The second-order valence-corrected chi connectivity index (χ2v) is 4.84. The minimum Gasteiger partial charge on any atom is -0.478 e. The normalized spacial score (nSPS) is 12.2. The molecule has 1 aromatic heterocycles. The van der Waals surface area contributed by atoms with E-state index < -0.39 is 11.9 Å². The monoisotopic (exact) mass is 265 g/mol. The summed E-state index contributed by atoms with van der Waals surface area (Å²) >= 11 is 0. The molecular weight excluding hydrogens is 246 g/mol. The van der Waals surface area contributed by atoms with Gasteiger partial charge in [-0.05, 0) is 25.0 Å². The van der Waals surface area contributed by atoms with Crippen molar-refractivity contribution in [3.63, 3.8) is 0 Å². The molecule has 0 aliphatic rings. The highest BCUT2D eigenvalue weighted by Gasteiger charge is 2.13. The van der Waals surface area contributed by atoms with Crippen molar-refractivity contribution in [2.24, 2.45) is 5.73 Å². The quantitative estimate of drug-likeness (QED) is 0.724. The van der Waals surface area contributed by atoms with Crippen LogP contribution in [0.3, 0.4) is 0 Å². The van der Waals surface area contributed by atoms with Crippen molar-refractivity contribution in [3.8, 4) is 0 Å². The smallest absolute Gasteiger partial charge is 0.335 e. The average molecular weight is 265 g/mol. The number of nitrogens with two attached hydrogens (primary N) is 1. The van der Waals surface area contributed by atoms with E-state index >= 15 is 0 Å². The van der Waals surface area contributed by atoms with Crippen molar-refractivity contribution in [2.45, 2.75) is 39.2 Å². The molecule has 0 aliphatic carbocycles. The number of nitrogens with one attached hydrogen (secondary N) is 1. The summed E-state index contributed by atoms with van der Waals surface area (Å²) < 4.78 is 0. The fraction of sp³-hybridized carbons (Fsp3) is 0.462. The molecule has 4 N–H and O–H groups in total. The zero-order chi connectivity index (χ0) is 14.6. The Morgan fingerprint density at radius 2 is 2.00 bits per heavy atom. The predicted molar refractivity (Wildman–Crippen MR) is 72.2 cm³/mol. The number of carboxylic acid groups (broad SMARTS) is 1. The lowest BCUT2D eigenvalue weighted by Gasteiger charge is -2.15. The van der Waals surface area contributed by atoms with Crippen LogP contribution in [0.15, 0.2) is 12.1 Å². The summed E-state index contributed by atoms with van der Waals surface area (Å²) in [6, 6.07) is 2.80. The number of carboxylic acids is 1. The zero-order valence-electron chi connectivity index (χ0n) is 11.3. The first kappa shape index (κ1) is 14.9. The topological polar surface area (TPSA) is 105 Å². The molecule has 0 saturated carbocycles. The maximum atomic E-state index is 11.1. The summed E-state index contributed by atoms with van der Waals surface area (Å²) in [5, 5.41) is 12.1. The van der Waals surface area contributed by atoms with Gasteiger partial charge in [0.05, 0.1) is 5.56 Å². The molecule has 1 rings (SSSR count). The molecule has 1 atom stereocenters. The number of hydrogen-bond donors (Lipinski definition) is 3. The molecule has 0 saturated heterocycles. The van der Waals surface area contributed by atoms with Gasteiger partial charge < -0.3 is 16.2 Å². The number of aromatic carboxylic acids is 1. The van der Waals surface area contributed by atoms with Gasteiger partial charge in [0.25, 0.3) is 0 Å². The Labute approximate surface area is 112 Å². The lowest BCUT2D eigenvalue weighted by atomic mass is 10.1. The number of amides is 1. The van der Waals surface area contributed by atoms with Crippen LogP contribution in [0.4, 0.5) is 5.82 Å². The number of hydrogen-bond acceptors (Lipinski definition) is 4. The molecule has 104 valence electrons. The SMILES string of the molecule is CC(CC(N)=O)Nc1cc(C(=O)O)cc(C(C)C)n1. The largest absolute Gasteiger partial charge is 0.478 e. The van der Waals surface area contributed by atoms with Crippen molar-refractivity contribution >= 4 is 17.7 Å². The minimum atomic E-state index is -1.00. The Balaban J connectivity index is 2.99. The summed E-state index contributed by atoms with van der Waals surface area (Å²) in [6.07, 6.45) is 0.163. The summed E-state index contributed by atoms with van der Waals surface area (Å²) in [5.41, 5.74) is 5.97. The molecule has 1 amide bonds. The van der Waals surface area contributed by atoms with Gasteiger partial charge >= 0.3 is 5.97 Å². The molecule has 6 nitrogen and oxygen atoms in total. The number of carbonyl (C=O) groups excluding carboxylic acids is 1. The van der Waals surface area contributed by atoms with Gasteiger partial charge in [-0.1, -0.05) is 13.8 Å². The number of anilines is 1. The second kappa shape index (κ2) is 6.17. The van der Waals surface area contributed by atoms with E-state index in [1.165, 1.54) is 6.07 Å². The van der Waals surface area contributed by atoms with Crippen LogP contribution in [0.1, 0.15) is 49.2 Å². The second-order valence-electron chi connectivity index (χ2n) is 4.84. The molecule has 1 aromatic rings. The number of rotatable bonds is 6. The number of pyridine rings is 1. The van der Waals surface area contributed by atoms with Gasteiger partial charge in [-0.15, -0.1) is 0 Å². The van der Waals surface area contributed by atoms with E-state index in [9.17, 15) is 9.59 Å². The highest BCUT2D eigenvalue weighted by atomic mass is 16.4. The molecule has 0 radical (unpaired) electrons. The van der Waals surface area contributed by atoms with Gasteiger partial charge in [0.1, 0.15) is 5.82 Å². The Bertz CT molecular complexity index is 486. The van der Waals surface area contributed by atoms with Crippen LogP contribution in [0.2, 0.25) is 0 Å². The summed E-state index contributed by atoms with van der Waals surface area (Å²) in [6.45, 7) is 5.66. The first-order valence-corrected chi connectivity index (χ1v) is 6.09. The standard InChI is InChI=1S/C13H19N3O3/c1-7(2)10-5-9(13(18)19)6-12(16-10)15-8(3)4-11(14)17/h5-8H,4H2,1-3H3,(H2,14,17)(H,15,16)(H,18,19). The third-order valence-corrected chi connectivity index (χ3v) is 2.59. The Morgan fingerprint density at radius 1 is 1.37 bits per heavy atom. The highest BCUT2D eigenvalue weighted by molar-refractivity contribution is 5.88. The fourth-order valence-electron chi connectivity index (χ4n) is 1.65. The van der Waals surface area contributed by atoms with E-state index in [1.807, 2.05) is 13.8 Å². The summed E-state index contributed by atoms with van der Waals surface area (Å²) in [5.74, 6) is -0.864. The average Bonchev–Trinajstić information content (AvgIpc) is 2.26. The van der Waals surface area contributed by atoms with E-state index in [1.54, 1.807) is 13.0 Å². The van der Waals surface area contributed by atoms with Crippen LogP contribution in [-0.4, -0.2) is 28.0 Å². The molecule has 6 heteroatoms. The molecule has 1 unspecified atom stereocenters. The van der Waals surface area contributed by atoms with Gasteiger partial charge in [0.15, 0.2) is 0 Å². The predicted octanol–water partition coefficient (Wildman–Crippen LogP) is 1.58. The van der Waals surface area contributed by atoms with E-state index in [0.29, 0.717) is 11.5 Å². The number of primary amides is 1. The molecule has 0 aliphatic heterocycles. The third-order valence-electron chi connectivity index (χ3n) is 2.59. The van der Waals surface area contributed by atoms with Crippen LogP contribution in [0, 0.1) is 0 Å². The zero-order valence-corrected chi connectivity index (χ0v) is 11.3. The van der Waals surface area contributed by atoms with Crippen molar-refractivity contribution in [3.05, 3.63) is 23.4 Å². The van der Waals surface area contributed by atoms with E-state index in [-0.39, 0.29) is 23.9 Å². The van der Waals surface area contributed by atoms with Crippen molar-refractivity contribution in [1.29, 1.82) is 0 Å².